The number of benzene rings is 1. The molecule has 0 saturated carbocycles. The van der Waals surface area contributed by atoms with Crippen molar-refractivity contribution >= 4 is 40.8 Å². The number of ether oxygens (including phenoxy) is 1. The molecule has 0 spiro atoms. The van der Waals surface area contributed by atoms with Gasteiger partial charge in [0.25, 0.3) is 0 Å². The van der Waals surface area contributed by atoms with Crippen LogP contribution < -0.4 is 5.32 Å². The Bertz CT molecular complexity index is 596. The lowest BCUT2D eigenvalue weighted by Crippen LogP contribution is -2.38. The first kappa shape index (κ1) is 13.9. The summed E-state index contributed by atoms with van der Waals surface area (Å²) in [5, 5.41) is 12.5. The van der Waals surface area contributed by atoms with Crippen LogP contribution >= 0.6 is 23.2 Å². The van der Waals surface area contributed by atoms with E-state index in [1.165, 1.54) is 19.2 Å². The number of anilines is 1. The Labute approximate surface area is 118 Å². The predicted molar refractivity (Wildman–Crippen MR) is 70.5 cm³/mol. The molecular formula is C12H9Cl2NO4. The van der Waals surface area contributed by atoms with Crippen molar-refractivity contribution in [2.24, 2.45) is 0 Å². The Morgan fingerprint density at radius 3 is 2.68 bits per heavy atom. The molecular weight excluding hydrogens is 293 g/mol. The number of halogens is 2. The first-order chi connectivity index (χ1) is 8.99. The third-order valence-corrected chi connectivity index (χ3v) is 3.38. The summed E-state index contributed by atoms with van der Waals surface area (Å²) >= 11 is 11.9. The fraction of sp³-hybridized carbons (Fsp3) is 0.250. The fourth-order valence-corrected chi connectivity index (χ4v) is 2.66. The number of aliphatic carboxylic acids is 1. The van der Waals surface area contributed by atoms with E-state index in [-0.39, 0.29) is 5.57 Å². The molecule has 0 amide bonds. The van der Waals surface area contributed by atoms with Crippen LogP contribution in [0.4, 0.5) is 5.69 Å². The van der Waals surface area contributed by atoms with E-state index in [1.54, 1.807) is 5.94 Å². The number of hydrogen-bond acceptors (Lipinski definition) is 4. The normalized spacial score (nSPS) is 21.3. The highest BCUT2D eigenvalue weighted by Crippen LogP contribution is 2.43. The van der Waals surface area contributed by atoms with Crippen LogP contribution in [0.5, 0.6) is 0 Å². The standard InChI is InChI=1S/C12H9Cl2NO4/c1-19-11-6(4-16)10(12(17)18)15-8-3-5(13)2-7(14)9(8)11/h2-3,10-11,15H,1H3,(H,17,18)/t10-,11+/m1/s1. The number of fused-ring (bicyclic) bond motifs is 1. The van der Waals surface area contributed by atoms with Crippen LogP contribution in [0.3, 0.4) is 0 Å². The van der Waals surface area contributed by atoms with Crippen LogP contribution in [-0.4, -0.2) is 30.2 Å². The second-order valence-corrected chi connectivity index (χ2v) is 4.78. The zero-order chi connectivity index (χ0) is 14.2. The summed E-state index contributed by atoms with van der Waals surface area (Å²) in [5.74, 6) is 0.419. The SMILES string of the molecule is CO[C@H]1C(=C=O)[C@H](C(=O)O)Nc2cc(Cl)cc(Cl)c21. The van der Waals surface area contributed by atoms with E-state index < -0.39 is 18.1 Å². The summed E-state index contributed by atoms with van der Waals surface area (Å²) in [6.45, 7) is 0. The molecule has 0 radical (unpaired) electrons. The Balaban J connectivity index is 2.67. The number of carbonyl (C=O) groups is 1. The van der Waals surface area contributed by atoms with Gasteiger partial charge in [0.1, 0.15) is 12.0 Å². The van der Waals surface area contributed by atoms with Crippen LogP contribution in [0.25, 0.3) is 0 Å². The van der Waals surface area contributed by atoms with Crippen LogP contribution in [0, 0.1) is 0 Å². The third kappa shape index (κ3) is 2.33. The largest absolute Gasteiger partial charge is 0.479 e. The van der Waals surface area contributed by atoms with E-state index in [2.05, 4.69) is 5.32 Å². The smallest absolute Gasteiger partial charge is 0.331 e. The number of rotatable bonds is 2. The minimum absolute atomic E-state index is 0.0632. The zero-order valence-electron chi connectivity index (χ0n) is 9.74. The molecule has 0 bridgehead atoms. The van der Waals surface area contributed by atoms with Gasteiger partial charge in [-0.15, -0.1) is 0 Å². The Hall–Kier alpha value is -1.52. The van der Waals surface area contributed by atoms with Crippen molar-refractivity contribution in [2.45, 2.75) is 12.1 Å². The molecule has 19 heavy (non-hydrogen) atoms. The van der Waals surface area contributed by atoms with Crippen LogP contribution in [0.15, 0.2) is 17.7 Å². The van der Waals surface area contributed by atoms with E-state index in [4.69, 9.17) is 33.0 Å². The highest BCUT2D eigenvalue weighted by Gasteiger charge is 2.38. The zero-order valence-corrected chi connectivity index (χ0v) is 11.2. The average molecular weight is 302 g/mol. The average Bonchev–Trinajstić information content (AvgIpc) is 2.35. The lowest BCUT2D eigenvalue weighted by atomic mass is 9.90. The van der Waals surface area contributed by atoms with Crippen LogP contribution in [0.2, 0.25) is 10.0 Å². The molecule has 0 saturated heterocycles. The number of carboxylic acids is 1. The molecule has 0 unspecified atom stereocenters. The molecule has 7 heteroatoms. The van der Waals surface area contributed by atoms with Gasteiger partial charge in [0.15, 0.2) is 6.04 Å². The fourth-order valence-electron chi connectivity index (χ4n) is 2.06. The monoisotopic (exact) mass is 301 g/mol. The van der Waals surface area contributed by atoms with E-state index in [0.29, 0.717) is 21.3 Å². The highest BCUT2D eigenvalue weighted by atomic mass is 35.5. The van der Waals surface area contributed by atoms with Crippen molar-refractivity contribution in [3.05, 3.63) is 33.3 Å². The van der Waals surface area contributed by atoms with E-state index in [9.17, 15) is 9.59 Å². The quantitative estimate of drug-likeness (QED) is 0.820. The van der Waals surface area contributed by atoms with E-state index in [0.717, 1.165) is 0 Å². The van der Waals surface area contributed by atoms with Crippen LogP contribution in [0.1, 0.15) is 11.7 Å². The minimum Gasteiger partial charge on any atom is -0.479 e. The molecule has 1 aromatic rings. The van der Waals surface area contributed by atoms with Gasteiger partial charge < -0.3 is 15.2 Å². The minimum atomic E-state index is -1.22. The first-order valence-corrected chi connectivity index (χ1v) is 6.01. The Kier molecular flexibility index (Phi) is 3.83. The van der Waals surface area contributed by atoms with E-state index in [1.807, 2.05) is 0 Å². The maximum Gasteiger partial charge on any atom is 0.331 e. The molecule has 1 aliphatic rings. The second-order valence-electron chi connectivity index (χ2n) is 3.94. The van der Waals surface area contributed by atoms with Gasteiger partial charge in [-0.25, -0.2) is 9.59 Å². The Morgan fingerprint density at radius 2 is 2.16 bits per heavy atom. The molecule has 2 atom stereocenters. The summed E-state index contributed by atoms with van der Waals surface area (Å²) in [6, 6.07) is 1.82. The first-order valence-electron chi connectivity index (χ1n) is 5.25. The predicted octanol–water partition coefficient (Wildman–Crippen LogP) is 2.32. The lowest BCUT2D eigenvalue weighted by Gasteiger charge is -2.31. The number of hydrogen-bond donors (Lipinski definition) is 2. The van der Waals surface area contributed by atoms with Gasteiger partial charge in [0.05, 0.1) is 10.6 Å². The lowest BCUT2D eigenvalue weighted by molar-refractivity contribution is -0.137. The number of carbonyl (C=O) groups excluding carboxylic acids is 1. The van der Waals surface area contributed by atoms with Crippen molar-refractivity contribution in [1.29, 1.82) is 0 Å². The number of carboxylic acid groups (broad SMARTS) is 1. The van der Waals surface area contributed by atoms with Crippen molar-refractivity contribution in [3.63, 3.8) is 0 Å². The van der Waals surface area contributed by atoms with Crippen molar-refractivity contribution in [2.75, 3.05) is 12.4 Å². The second kappa shape index (κ2) is 5.23. The summed E-state index contributed by atoms with van der Waals surface area (Å²) in [7, 11) is 1.36. The molecule has 0 aliphatic carbocycles. The maximum absolute atomic E-state index is 11.2. The molecule has 1 aliphatic heterocycles. The topological polar surface area (TPSA) is 75.6 Å². The number of methoxy groups -OCH3 is 1. The molecule has 5 nitrogen and oxygen atoms in total. The molecule has 0 fully saturated rings. The van der Waals surface area contributed by atoms with Gasteiger partial charge in [-0.1, -0.05) is 23.2 Å². The highest BCUT2D eigenvalue weighted by molar-refractivity contribution is 6.35. The summed E-state index contributed by atoms with van der Waals surface area (Å²) < 4.78 is 5.19. The summed E-state index contributed by atoms with van der Waals surface area (Å²) in [5.41, 5.74) is 0.840. The Morgan fingerprint density at radius 1 is 1.47 bits per heavy atom. The van der Waals surface area contributed by atoms with Gasteiger partial charge in [-0.3, -0.25) is 0 Å². The third-order valence-electron chi connectivity index (χ3n) is 2.85. The van der Waals surface area contributed by atoms with Crippen molar-refractivity contribution in [3.8, 4) is 0 Å². The van der Waals surface area contributed by atoms with Gasteiger partial charge in [-0.2, -0.15) is 0 Å². The van der Waals surface area contributed by atoms with Crippen molar-refractivity contribution in [1.82, 2.24) is 0 Å². The molecule has 2 rings (SSSR count). The summed E-state index contributed by atoms with van der Waals surface area (Å²) in [4.78, 5) is 22.2. The van der Waals surface area contributed by atoms with Gasteiger partial charge in [0, 0.05) is 23.4 Å². The van der Waals surface area contributed by atoms with E-state index >= 15 is 0 Å². The number of nitrogens with one attached hydrogen (secondary N) is 1. The van der Waals surface area contributed by atoms with Gasteiger partial charge in [0.2, 0.25) is 0 Å². The summed E-state index contributed by atoms with van der Waals surface area (Å²) in [6.07, 6.45) is -0.861. The van der Waals surface area contributed by atoms with Gasteiger partial charge in [-0.05, 0) is 12.1 Å². The molecule has 1 heterocycles. The maximum atomic E-state index is 11.2. The van der Waals surface area contributed by atoms with Gasteiger partial charge >= 0.3 is 5.97 Å². The molecule has 2 N–H and O–H groups in total. The molecule has 100 valence electrons. The molecule has 1 aromatic carbocycles. The van der Waals surface area contributed by atoms with Crippen LogP contribution in [-0.2, 0) is 14.3 Å². The molecule has 0 aromatic heterocycles. The van der Waals surface area contributed by atoms with Crippen molar-refractivity contribution < 1.29 is 19.4 Å².